The van der Waals surface area contributed by atoms with Crippen molar-refractivity contribution in [1.82, 2.24) is 4.98 Å². The Morgan fingerprint density at radius 2 is 1.39 bits per heavy atom. The zero-order valence-electron chi connectivity index (χ0n) is 20.0. The summed E-state index contributed by atoms with van der Waals surface area (Å²) in [5.41, 5.74) is 2.66. The van der Waals surface area contributed by atoms with Crippen LogP contribution in [0.4, 0.5) is 0 Å². The fourth-order valence-corrected chi connectivity index (χ4v) is 4.48. The molecule has 178 valence electrons. The normalized spacial score (nSPS) is 11.0. The highest BCUT2D eigenvalue weighted by Crippen LogP contribution is 2.46. The van der Waals surface area contributed by atoms with E-state index in [-0.39, 0.29) is 0 Å². The highest BCUT2D eigenvalue weighted by Gasteiger charge is 2.24. The van der Waals surface area contributed by atoms with Gasteiger partial charge in [0.25, 0.3) is 0 Å². The van der Waals surface area contributed by atoms with Crippen molar-refractivity contribution in [1.29, 1.82) is 0 Å². The van der Waals surface area contributed by atoms with E-state index in [1.54, 1.807) is 21.3 Å². The number of nitrogens with zero attached hydrogens (tertiary/aromatic N) is 1. The minimum atomic E-state index is -0.540. The van der Waals surface area contributed by atoms with Crippen molar-refractivity contribution in [2.75, 3.05) is 41.2 Å². The Morgan fingerprint density at radius 3 is 1.88 bits per heavy atom. The monoisotopic (exact) mass is 473 g/mol. The van der Waals surface area contributed by atoms with Gasteiger partial charge in [-0.05, 0) is 57.2 Å². The lowest BCUT2D eigenvalue weighted by atomic mass is 10.1. The van der Waals surface area contributed by atoms with Crippen molar-refractivity contribution in [3.05, 3.63) is 41.4 Å². The van der Waals surface area contributed by atoms with E-state index in [9.17, 15) is 0 Å². The molecule has 0 aliphatic carbocycles. The van der Waals surface area contributed by atoms with Crippen LogP contribution in [0.2, 0.25) is 0 Å². The molecule has 0 unspecified atom stereocenters. The maximum Gasteiger partial charge on any atom is 0.210 e. The summed E-state index contributed by atoms with van der Waals surface area (Å²) in [4.78, 5) is 5.88. The average Bonchev–Trinajstić information content (AvgIpc) is 3.29. The minimum Gasteiger partial charge on any atom is -0.494 e. The van der Waals surface area contributed by atoms with Gasteiger partial charge in [0.05, 0.1) is 38.5 Å². The molecule has 1 aromatic heterocycles. The Kier molecular flexibility index (Phi) is 8.94. The van der Waals surface area contributed by atoms with Crippen molar-refractivity contribution in [2.45, 2.75) is 27.1 Å². The van der Waals surface area contributed by atoms with E-state index in [0.29, 0.717) is 37.1 Å². The lowest BCUT2D eigenvalue weighted by Crippen LogP contribution is -2.08. The molecular formula is C25H31NO6S. The number of hydrogen-bond acceptors (Lipinski definition) is 8. The summed E-state index contributed by atoms with van der Waals surface area (Å²) in [6.07, 6.45) is -0.540. The van der Waals surface area contributed by atoms with E-state index in [0.717, 1.165) is 32.5 Å². The predicted octanol–water partition coefficient (Wildman–Crippen LogP) is 5.97. The van der Waals surface area contributed by atoms with Crippen molar-refractivity contribution in [2.24, 2.45) is 0 Å². The molecule has 0 aliphatic rings. The van der Waals surface area contributed by atoms with E-state index in [4.69, 9.17) is 33.4 Å². The van der Waals surface area contributed by atoms with Crippen molar-refractivity contribution in [3.63, 3.8) is 0 Å². The number of aromatic nitrogens is 1. The van der Waals surface area contributed by atoms with Gasteiger partial charge in [0.1, 0.15) is 5.75 Å². The molecular weight excluding hydrogens is 442 g/mol. The van der Waals surface area contributed by atoms with E-state index in [1.165, 1.54) is 11.3 Å². The zero-order chi connectivity index (χ0) is 23.8. The smallest absolute Gasteiger partial charge is 0.210 e. The van der Waals surface area contributed by atoms with E-state index < -0.39 is 6.29 Å². The number of ether oxygens (including phenoxy) is 6. The fourth-order valence-electron chi connectivity index (χ4n) is 3.41. The molecule has 3 rings (SSSR count). The molecule has 0 N–H and O–H groups in total. The molecule has 0 fully saturated rings. The molecule has 0 spiro atoms. The van der Waals surface area contributed by atoms with E-state index >= 15 is 0 Å². The van der Waals surface area contributed by atoms with Crippen LogP contribution in [0.1, 0.15) is 32.1 Å². The van der Waals surface area contributed by atoms with Crippen LogP contribution in [0, 0.1) is 0 Å². The topological polar surface area (TPSA) is 68.3 Å². The van der Waals surface area contributed by atoms with Gasteiger partial charge >= 0.3 is 0 Å². The van der Waals surface area contributed by atoms with Crippen LogP contribution >= 0.6 is 11.3 Å². The maximum atomic E-state index is 5.82. The number of benzene rings is 2. The molecule has 0 saturated heterocycles. The molecule has 8 heteroatoms. The Hall–Kier alpha value is -2.81. The number of hydrogen-bond donors (Lipinski definition) is 0. The standard InChI is InChI=1S/C25H31NO6S/c1-7-30-18-12-10-16(11-13-18)21-23(33-24(26-21)25(31-8-2)32-9-3)17-14-19(27-4)22(29-6)20(15-17)28-5/h10-15,25H,7-9H2,1-6H3. The van der Waals surface area contributed by atoms with E-state index in [1.807, 2.05) is 57.2 Å². The Morgan fingerprint density at radius 1 is 0.788 bits per heavy atom. The Labute approximate surface area is 199 Å². The molecule has 0 aliphatic heterocycles. The summed E-state index contributed by atoms with van der Waals surface area (Å²) >= 11 is 1.52. The first-order valence-electron chi connectivity index (χ1n) is 10.9. The largest absolute Gasteiger partial charge is 0.494 e. The highest BCUT2D eigenvalue weighted by molar-refractivity contribution is 7.15. The number of methoxy groups -OCH3 is 3. The van der Waals surface area contributed by atoms with Crippen LogP contribution in [-0.4, -0.2) is 46.1 Å². The molecule has 3 aromatic rings. The number of rotatable bonds is 12. The van der Waals surface area contributed by atoms with Gasteiger partial charge in [-0.3, -0.25) is 0 Å². The molecule has 0 amide bonds. The molecule has 2 aromatic carbocycles. The van der Waals surface area contributed by atoms with E-state index in [2.05, 4.69) is 0 Å². The quantitative estimate of drug-likeness (QED) is 0.300. The van der Waals surface area contributed by atoms with Gasteiger partial charge in [0.2, 0.25) is 12.0 Å². The second-order valence-electron chi connectivity index (χ2n) is 6.84. The van der Waals surface area contributed by atoms with Crippen molar-refractivity contribution < 1.29 is 28.4 Å². The predicted molar refractivity (Wildman–Crippen MR) is 130 cm³/mol. The fraction of sp³-hybridized carbons (Fsp3) is 0.400. The first kappa shape index (κ1) is 24.8. The Balaban J connectivity index is 2.18. The van der Waals surface area contributed by atoms with Crippen LogP contribution in [0.15, 0.2) is 36.4 Å². The SMILES string of the molecule is CCOc1ccc(-c2nc(C(OCC)OCC)sc2-c2cc(OC)c(OC)c(OC)c2)cc1. The van der Waals surface area contributed by atoms with Crippen LogP contribution in [0.25, 0.3) is 21.7 Å². The molecule has 0 saturated carbocycles. The van der Waals surface area contributed by atoms with Crippen LogP contribution in [0.5, 0.6) is 23.0 Å². The second kappa shape index (κ2) is 11.9. The number of thiazole rings is 1. The third kappa shape index (κ3) is 5.58. The van der Waals surface area contributed by atoms with Gasteiger partial charge in [0.15, 0.2) is 16.5 Å². The summed E-state index contributed by atoms with van der Waals surface area (Å²) in [5.74, 6) is 2.50. The summed E-state index contributed by atoms with van der Waals surface area (Å²) in [5, 5.41) is 0.742. The summed E-state index contributed by atoms with van der Waals surface area (Å²) in [6, 6.07) is 11.7. The Bertz CT molecular complexity index is 1000. The summed E-state index contributed by atoms with van der Waals surface area (Å²) in [6.45, 7) is 7.48. The van der Waals surface area contributed by atoms with Crippen LogP contribution < -0.4 is 18.9 Å². The second-order valence-corrected chi connectivity index (χ2v) is 7.87. The molecule has 1 heterocycles. The van der Waals surface area contributed by atoms with Gasteiger partial charge in [-0.1, -0.05) is 0 Å². The maximum absolute atomic E-state index is 5.82. The molecule has 33 heavy (non-hydrogen) atoms. The third-order valence-electron chi connectivity index (χ3n) is 4.85. The van der Waals surface area contributed by atoms with Gasteiger partial charge in [-0.25, -0.2) is 4.98 Å². The van der Waals surface area contributed by atoms with Gasteiger partial charge in [-0.2, -0.15) is 0 Å². The summed E-state index contributed by atoms with van der Waals surface area (Å²) in [7, 11) is 4.80. The third-order valence-corrected chi connectivity index (χ3v) is 5.97. The zero-order valence-corrected chi connectivity index (χ0v) is 20.8. The minimum absolute atomic E-state index is 0.516. The first-order chi connectivity index (χ1) is 16.1. The lowest BCUT2D eigenvalue weighted by Gasteiger charge is -2.14. The first-order valence-corrected chi connectivity index (χ1v) is 11.7. The van der Waals surface area contributed by atoms with Crippen molar-refractivity contribution in [3.8, 4) is 44.7 Å². The van der Waals surface area contributed by atoms with Gasteiger partial charge in [-0.15, -0.1) is 11.3 Å². The average molecular weight is 474 g/mol. The van der Waals surface area contributed by atoms with Crippen LogP contribution in [0.3, 0.4) is 0 Å². The highest BCUT2D eigenvalue weighted by atomic mass is 32.1. The van der Waals surface area contributed by atoms with Gasteiger partial charge in [0, 0.05) is 24.3 Å². The van der Waals surface area contributed by atoms with Crippen molar-refractivity contribution >= 4 is 11.3 Å². The summed E-state index contributed by atoms with van der Waals surface area (Å²) < 4.78 is 33.9. The lowest BCUT2D eigenvalue weighted by molar-refractivity contribution is -0.140. The molecule has 0 bridgehead atoms. The molecule has 0 atom stereocenters. The molecule has 7 nitrogen and oxygen atoms in total. The molecule has 0 radical (unpaired) electrons. The van der Waals surface area contributed by atoms with Gasteiger partial charge < -0.3 is 28.4 Å². The van der Waals surface area contributed by atoms with Crippen LogP contribution in [-0.2, 0) is 9.47 Å².